The molecule has 3 aromatic heterocycles. The lowest BCUT2D eigenvalue weighted by atomic mass is 10.2. The molecule has 0 saturated carbocycles. The third-order valence-corrected chi connectivity index (χ3v) is 6.31. The second kappa shape index (κ2) is 9.04. The van der Waals surface area contributed by atoms with Gasteiger partial charge in [-0.15, -0.1) is 5.10 Å². The van der Waals surface area contributed by atoms with E-state index in [4.69, 9.17) is 4.74 Å². The maximum absolute atomic E-state index is 14.7. The lowest BCUT2D eigenvalue weighted by molar-refractivity contribution is -0.121. The zero-order valence-corrected chi connectivity index (χ0v) is 20.0. The largest absolute Gasteiger partial charge is 0.478 e. The van der Waals surface area contributed by atoms with Crippen molar-refractivity contribution in [3.63, 3.8) is 0 Å². The van der Waals surface area contributed by atoms with Gasteiger partial charge in [0.15, 0.2) is 17.0 Å². The third-order valence-electron chi connectivity index (χ3n) is 5.37. The number of hydrogen-bond donors (Lipinski definition) is 2. The summed E-state index contributed by atoms with van der Waals surface area (Å²) in [6, 6.07) is -0.812. The van der Waals surface area contributed by atoms with Crippen molar-refractivity contribution in [1.29, 1.82) is 0 Å². The average Bonchev–Trinajstić information content (AvgIpc) is 3.43. The Hall–Kier alpha value is -3.49. The summed E-state index contributed by atoms with van der Waals surface area (Å²) in [5.74, 6) is 0.210. The Labute approximate surface area is 195 Å². The van der Waals surface area contributed by atoms with Gasteiger partial charge in [0, 0.05) is 33.3 Å². The van der Waals surface area contributed by atoms with Crippen LogP contribution in [0.1, 0.15) is 6.42 Å². The molecule has 0 aliphatic carbocycles. The number of imidazole rings is 1. The van der Waals surface area contributed by atoms with Crippen LogP contribution in [-0.4, -0.2) is 88.0 Å². The number of halogens is 1. The molecule has 1 saturated heterocycles. The molecule has 0 bridgehead atoms. The molecule has 0 aromatic carbocycles. The predicted octanol–water partition coefficient (Wildman–Crippen LogP) is -0.0734. The molecular formula is C19H26FN9O4S. The van der Waals surface area contributed by atoms with Gasteiger partial charge in [0.25, 0.3) is 5.88 Å². The first kappa shape index (κ1) is 23.7. The quantitative estimate of drug-likeness (QED) is 0.435. The third kappa shape index (κ3) is 5.03. The Morgan fingerprint density at radius 2 is 2.06 bits per heavy atom. The van der Waals surface area contributed by atoms with Crippen molar-refractivity contribution in [2.75, 3.05) is 42.4 Å². The smallest absolute Gasteiger partial charge is 0.256 e. The van der Waals surface area contributed by atoms with Gasteiger partial charge in [-0.1, -0.05) is 0 Å². The topological polar surface area (TPSA) is 149 Å². The zero-order chi connectivity index (χ0) is 24.6. The summed E-state index contributed by atoms with van der Waals surface area (Å²) in [6.07, 6.45) is 2.78. The summed E-state index contributed by atoms with van der Waals surface area (Å²) in [5.41, 5.74) is 1.62. The van der Waals surface area contributed by atoms with Crippen molar-refractivity contribution < 1.29 is 22.3 Å². The first-order valence-electron chi connectivity index (χ1n) is 10.4. The molecule has 4 heterocycles. The molecule has 2 atom stereocenters. The summed E-state index contributed by atoms with van der Waals surface area (Å²) in [4.78, 5) is 27.2. The molecular weight excluding hydrogens is 469 g/mol. The molecule has 1 fully saturated rings. The molecule has 3 aromatic rings. The van der Waals surface area contributed by atoms with Crippen molar-refractivity contribution in [3.05, 3.63) is 12.5 Å². The van der Waals surface area contributed by atoms with E-state index in [1.807, 2.05) is 0 Å². The van der Waals surface area contributed by atoms with E-state index in [0.717, 1.165) is 6.26 Å². The monoisotopic (exact) mass is 495 g/mol. The molecule has 1 aliphatic rings. The number of anilines is 3. The predicted molar refractivity (Wildman–Crippen MR) is 123 cm³/mol. The summed E-state index contributed by atoms with van der Waals surface area (Å²) >= 11 is 0. The van der Waals surface area contributed by atoms with Crippen molar-refractivity contribution >= 4 is 44.4 Å². The Balaban J connectivity index is 1.57. The van der Waals surface area contributed by atoms with E-state index >= 15 is 0 Å². The maximum atomic E-state index is 14.7. The number of sulfone groups is 1. The molecule has 2 N–H and O–H groups in total. The summed E-state index contributed by atoms with van der Waals surface area (Å²) in [5, 5.41) is 9.96. The van der Waals surface area contributed by atoms with Crippen LogP contribution in [0.25, 0.3) is 11.2 Å². The summed E-state index contributed by atoms with van der Waals surface area (Å²) in [7, 11) is 1.76. The number of rotatable bonds is 8. The molecule has 0 unspecified atom stereocenters. The summed E-state index contributed by atoms with van der Waals surface area (Å²) in [6.45, 7) is 0.0980. The van der Waals surface area contributed by atoms with Crippen LogP contribution in [0.3, 0.4) is 0 Å². The lowest BCUT2D eigenvalue weighted by Gasteiger charge is -2.18. The molecule has 1 aliphatic heterocycles. The number of aromatic nitrogens is 6. The van der Waals surface area contributed by atoms with Gasteiger partial charge >= 0.3 is 0 Å². The van der Waals surface area contributed by atoms with Crippen LogP contribution < -0.4 is 20.3 Å². The average molecular weight is 496 g/mol. The van der Waals surface area contributed by atoms with Gasteiger partial charge < -0.3 is 24.8 Å². The first-order valence-corrected chi connectivity index (χ1v) is 12.5. The fraction of sp³-hybridized carbons (Fsp3) is 0.526. The number of hydrogen-bond acceptors (Lipinski definition) is 10. The zero-order valence-electron chi connectivity index (χ0n) is 19.2. The van der Waals surface area contributed by atoms with Crippen LogP contribution in [0.4, 0.5) is 21.8 Å². The van der Waals surface area contributed by atoms with Crippen LogP contribution in [-0.2, 0) is 28.7 Å². The number of methoxy groups -OCH3 is 1. The van der Waals surface area contributed by atoms with Crippen molar-refractivity contribution in [2.24, 2.45) is 14.1 Å². The van der Waals surface area contributed by atoms with Crippen LogP contribution in [0.15, 0.2) is 12.5 Å². The number of fused-ring (bicyclic) bond motifs is 1. The van der Waals surface area contributed by atoms with E-state index in [2.05, 4.69) is 30.7 Å². The van der Waals surface area contributed by atoms with Gasteiger partial charge in [-0.25, -0.2) is 17.8 Å². The molecule has 34 heavy (non-hydrogen) atoms. The summed E-state index contributed by atoms with van der Waals surface area (Å²) < 4.78 is 45.9. The standard InChI is InChI=1S/C19H26FN9O4S/c1-27-10-21-15-16(23-13-8-28(2)26-18(13)33-3)24-19(25-17(15)27)29-7-11(20)12(9-29)22-14(30)5-6-34(4,31)32/h8,10-12H,5-7,9H2,1-4H3,(H,22,30)(H,23,24,25)/t11-,12-/m1/s1. The Kier molecular flexibility index (Phi) is 6.29. The molecule has 13 nitrogen and oxygen atoms in total. The van der Waals surface area contributed by atoms with Gasteiger partial charge in [-0.05, 0) is 0 Å². The highest BCUT2D eigenvalue weighted by Crippen LogP contribution is 2.30. The van der Waals surface area contributed by atoms with Gasteiger partial charge in [0.2, 0.25) is 11.9 Å². The van der Waals surface area contributed by atoms with Crippen molar-refractivity contribution in [3.8, 4) is 5.88 Å². The fourth-order valence-corrected chi connectivity index (χ4v) is 4.23. The number of ether oxygens (including phenoxy) is 1. The number of nitrogens with one attached hydrogen (secondary N) is 2. The second-order valence-corrected chi connectivity index (χ2v) is 10.5. The van der Waals surface area contributed by atoms with Gasteiger partial charge in [0.1, 0.15) is 21.7 Å². The molecule has 0 spiro atoms. The SMILES string of the molecule is COc1nn(C)cc1Nc1nc(N2C[C@@H](F)[C@H](NC(=O)CCS(C)(=O)=O)C2)nc2c1ncn2C. The van der Waals surface area contributed by atoms with E-state index < -0.39 is 28.0 Å². The van der Waals surface area contributed by atoms with Gasteiger partial charge in [-0.3, -0.25) is 9.48 Å². The van der Waals surface area contributed by atoms with E-state index in [0.29, 0.717) is 28.5 Å². The number of alkyl halides is 1. The van der Waals surface area contributed by atoms with E-state index in [1.165, 1.54) is 7.11 Å². The lowest BCUT2D eigenvalue weighted by Crippen LogP contribution is -2.42. The Morgan fingerprint density at radius 1 is 1.29 bits per heavy atom. The molecule has 4 rings (SSSR count). The normalized spacial score (nSPS) is 18.4. The fourth-order valence-electron chi connectivity index (χ4n) is 3.68. The maximum Gasteiger partial charge on any atom is 0.256 e. The highest BCUT2D eigenvalue weighted by atomic mass is 32.2. The van der Waals surface area contributed by atoms with Crippen LogP contribution in [0.5, 0.6) is 5.88 Å². The highest BCUT2D eigenvalue weighted by Gasteiger charge is 2.36. The highest BCUT2D eigenvalue weighted by molar-refractivity contribution is 7.90. The van der Waals surface area contributed by atoms with Crippen LogP contribution in [0, 0.1) is 0 Å². The molecule has 184 valence electrons. The van der Waals surface area contributed by atoms with Crippen LogP contribution >= 0.6 is 0 Å². The van der Waals surface area contributed by atoms with E-state index in [1.54, 1.807) is 40.8 Å². The number of nitrogens with zero attached hydrogens (tertiary/aromatic N) is 7. The van der Waals surface area contributed by atoms with E-state index in [-0.39, 0.29) is 31.2 Å². The molecule has 15 heteroatoms. The minimum atomic E-state index is -3.29. The minimum absolute atomic E-state index is 0.0317. The molecule has 0 radical (unpaired) electrons. The second-order valence-electron chi connectivity index (χ2n) is 8.23. The molecule has 1 amide bonds. The first-order chi connectivity index (χ1) is 16.0. The van der Waals surface area contributed by atoms with Crippen molar-refractivity contribution in [2.45, 2.75) is 18.6 Å². The van der Waals surface area contributed by atoms with Gasteiger partial charge in [0.05, 0.1) is 38.0 Å². The number of carbonyl (C=O) groups is 1. The Bertz CT molecular complexity index is 1320. The van der Waals surface area contributed by atoms with Crippen molar-refractivity contribution in [1.82, 2.24) is 34.6 Å². The number of carbonyl (C=O) groups excluding carboxylic acids is 1. The number of amides is 1. The minimum Gasteiger partial charge on any atom is -0.478 e. The van der Waals surface area contributed by atoms with E-state index in [9.17, 15) is 17.6 Å². The Morgan fingerprint density at radius 3 is 2.76 bits per heavy atom. The number of aryl methyl sites for hydroxylation is 2. The van der Waals surface area contributed by atoms with Crippen LogP contribution in [0.2, 0.25) is 0 Å². The van der Waals surface area contributed by atoms with Gasteiger partial charge in [-0.2, -0.15) is 9.97 Å².